The molecule has 102 valence electrons. The fraction of sp³-hybridized carbons (Fsp3) is 0.357. The van der Waals surface area contributed by atoms with Crippen LogP contribution in [0.15, 0.2) is 36.7 Å². The molecule has 0 amide bonds. The van der Waals surface area contributed by atoms with Gasteiger partial charge in [-0.1, -0.05) is 17.7 Å². The number of aromatic nitrogens is 2. The van der Waals surface area contributed by atoms with Crippen molar-refractivity contribution in [3.63, 3.8) is 0 Å². The van der Waals surface area contributed by atoms with E-state index in [1.807, 2.05) is 36.7 Å². The van der Waals surface area contributed by atoms with E-state index in [0.717, 1.165) is 25.3 Å². The second-order valence-electron chi connectivity index (χ2n) is 4.47. The number of H-pyrrole nitrogens is 1. The van der Waals surface area contributed by atoms with Crippen LogP contribution in [-0.4, -0.2) is 41.8 Å². The van der Waals surface area contributed by atoms with Gasteiger partial charge in [0.15, 0.2) is 0 Å². The van der Waals surface area contributed by atoms with Gasteiger partial charge in [-0.05, 0) is 37.2 Å². The lowest BCUT2D eigenvalue weighted by Gasteiger charge is -2.16. The van der Waals surface area contributed by atoms with Crippen molar-refractivity contribution in [3.05, 3.63) is 47.2 Å². The molecule has 0 aliphatic carbocycles. The van der Waals surface area contributed by atoms with E-state index in [2.05, 4.69) is 22.1 Å². The summed E-state index contributed by atoms with van der Waals surface area (Å²) in [5.41, 5.74) is 1.22. The summed E-state index contributed by atoms with van der Waals surface area (Å²) in [5.74, 6) is 0.815. The maximum atomic E-state index is 5.89. The van der Waals surface area contributed by atoms with Crippen LogP contribution in [0.1, 0.15) is 5.56 Å². The van der Waals surface area contributed by atoms with Gasteiger partial charge in [0.1, 0.15) is 12.4 Å². The zero-order valence-electron chi connectivity index (χ0n) is 11.0. The lowest BCUT2D eigenvalue weighted by molar-refractivity contribution is 0.239. The second-order valence-corrected chi connectivity index (χ2v) is 4.90. The van der Waals surface area contributed by atoms with E-state index < -0.39 is 0 Å². The molecule has 0 aliphatic rings. The standard InChI is InChI=1S/C14H18ClN3O/c1-18(6-5-12-10-16-17-11-12)7-8-19-14-4-2-3-13(15)9-14/h2-4,9-11H,5-8H2,1H3,(H,16,17). The van der Waals surface area contributed by atoms with Crippen molar-refractivity contribution in [1.29, 1.82) is 0 Å². The number of halogens is 1. The Morgan fingerprint density at radius 2 is 2.26 bits per heavy atom. The van der Waals surface area contributed by atoms with E-state index in [1.54, 1.807) is 0 Å². The molecule has 0 aliphatic heterocycles. The largest absolute Gasteiger partial charge is 0.492 e. The third-order valence-electron chi connectivity index (χ3n) is 2.87. The zero-order valence-corrected chi connectivity index (χ0v) is 11.7. The Morgan fingerprint density at radius 1 is 1.37 bits per heavy atom. The fourth-order valence-electron chi connectivity index (χ4n) is 1.72. The number of hydrogen-bond acceptors (Lipinski definition) is 3. The van der Waals surface area contributed by atoms with Crippen LogP contribution in [0.25, 0.3) is 0 Å². The lowest BCUT2D eigenvalue weighted by Crippen LogP contribution is -2.26. The number of nitrogens with zero attached hydrogens (tertiary/aromatic N) is 2. The maximum Gasteiger partial charge on any atom is 0.120 e. The quantitative estimate of drug-likeness (QED) is 0.847. The summed E-state index contributed by atoms with van der Waals surface area (Å²) in [6.07, 6.45) is 4.77. The van der Waals surface area contributed by atoms with Gasteiger partial charge in [0, 0.05) is 24.3 Å². The van der Waals surface area contributed by atoms with Gasteiger partial charge in [-0.15, -0.1) is 0 Å². The minimum absolute atomic E-state index is 0.655. The first-order valence-electron chi connectivity index (χ1n) is 6.28. The van der Waals surface area contributed by atoms with Gasteiger partial charge < -0.3 is 9.64 Å². The third kappa shape index (κ3) is 4.93. The van der Waals surface area contributed by atoms with Gasteiger partial charge in [-0.3, -0.25) is 5.10 Å². The van der Waals surface area contributed by atoms with Crippen molar-refractivity contribution >= 4 is 11.6 Å². The van der Waals surface area contributed by atoms with Crippen LogP contribution in [0.5, 0.6) is 5.75 Å². The predicted molar refractivity (Wildman–Crippen MR) is 76.7 cm³/mol. The molecule has 1 heterocycles. The predicted octanol–water partition coefficient (Wildman–Crippen LogP) is 2.62. The second kappa shape index (κ2) is 7.16. The lowest BCUT2D eigenvalue weighted by atomic mass is 10.2. The van der Waals surface area contributed by atoms with Gasteiger partial charge in [0.05, 0.1) is 6.20 Å². The number of aromatic amines is 1. The van der Waals surface area contributed by atoms with Crippen LogP contribution in [0.2, 0.25) is 5.02 Å². The van der Waals surface area contributed by atoms with Crippen LogP contribution in [0.3, 0.4) is 0 Å². The molecule has 19 heavy (non-hydrogen) atoms. The van der Waals surface area contributed by atoms with Crippen LogP contribution >= 0.6 is 11.6 Å². The van der Waals surface area contributed by atoms with Crippen molar-refractivity contribution in [1.82, 2.24) is 15.1 Å². The highest BCUT2D eigenvalue weighted by atomic mass is 35.5. The van der Waals surface area contributed by atoms with Crippen molar-refractivity contribution in [2.45, 2.75) is 6.42 Å². The Labute approximate surface area is 118 Å². The van der Waals surface area contributed by atoms with Gasteiger partial charge in [0.2, 0.25) is 0 Å². The molecule has 0 saturated carbocycles. The molecule has 5 heteroatoms. The number of nitrogens with one attached hydrogen (secondary N) is 1. The molecular weight excluding hydrogens is 262 g/mol. The molecule has 1 N–H and O–H groups in total. The summed E-state index contributed by atoms with van der Waals surface area (Å²) in [6.45, 7) is 2.52. The number of rotatable bonds is 7. The summed E-state index contributed by atoms with van der Waals surface area (Å²) in [6, 6.07) is 7.47. The monoisotopic (exact) mass is 279 g/mol. The van der Waals surface area contributed by atoms with Gasteiger partial charge >= 0.3 is 0 Å². The zero-order chi connectivity index (χ0) is 13.5. The first-order chi connectivity index (χ1) is 9.24. The van der Waals surface area contributed by atoms with E-state index in [-0.39, 0.29) is 0 Å². The molecular formula is C14H18ClN3O. The maximum absolute atomic E-state index is 5.89. The number of benzene rings is 1. The van der Waals surface area contributed by atoms with Crippen LogP contribution in [-0.2, 0) is 6.42 Å². The Kier molecular flexibility index (Phi) is 5.24. The summed E-state index contributed by atoms with van der Waals surface area (Å²) in [4.78, 5) is 2.23. The molecule has 4 nitrogen and oxygen atoms in total. The topological polar surface area (TPSA) is 41.1 Å². The summed E-state index contributed by atoms with van der Waals surface area (Å²) < 4.78 is 5.65. The number of hydrogen-bond donors (Lipinski definition) is 1. The summed E-state index contributed by atoms with van der Waals surface area (Å²) in [5, 5.41) is 7.45. The van der Waals surface area contributed by atoms with E-state index >= 15 is 0 Å². The van der Waals surface area contributed by atoms with Crippen LogP contribution in [0, 0.1) is 0 Å². The van der Waals surface area contributed by atoms with E-state index in [4.69, 9.17) is 16.3 Å². The molecule has 0 atom stereocenters. The highest BCUT2D eigenvalue weighted by Gasteiger charge is 2.01. The van der Waals surface area contributed by atoms with E-state index in [9.17, 15) is 0 Å². The summed E-state index contributed by atoms with van der Waals surface area (Å²) in [7, 11) is 2.08. The Morgan fingerprint density at radius 3 is 3.00 bits per heavy atom. The molecule has 2 rings (SSSR count). The minimum Gasteiger partial charge on any atom is -0.492 e. The first-order valence-corrected chi connectivity index (χ1v) is 6.66. The number of ether oxygens (including phenoxy) is 1. The normalized spacial score (nSPS) is 10.9. The average Bonchev–Trinajstić information content (AvgIpc) is 2.89. The molecule has 0 unspecified atom stereocenters. The average molecular weight is 280 g/mol. The molecule has 0 bridgehead atoms. The van der Waals surface area contributed by atoms with Crippen molar-refractivity contribution in [3.8, 4) is 5.75 Å². The smallest absolute Gasteiger partial charge is 0.120 e. The van der Waals surface area contributed by atoms with Gasteiger partial charge in [-0.2, -0.15) is 5.10 Å². The first kappa shape index (κ1) is 13.9. The molecule has 0 fully saturated rings. The molecule has 0 radical (unpaired) electrons. The van der Waals surface area contributed by atoms with Crippen molar-refractivity contribution in [2.24, 2.45) is 0 Å². The molecule has 1 aromatic heterocycles. The van der Waals surface area contributed by atoms with Crippen molar-refractivity contribution < 1.29 is 4.74 Å². The third-order valence-corrected chi connectivity index (χ3v) is 3.11. The van der Waals surface area contributed by atoms with Crippen LogP contribution in [0.4, 0.5) is 0 Å². The number of likely N-dealkylation sites (N-methyl/N-ethyl adjacent to an activating group) is 1. The molecule has 2 aromatic rings. The van der Waals surface area contributed by atoms with Crippen LogP contribution < -0.4 is 4.74 Å². The summed E-state index contributed by atoms with van der Waals surface area (Å²) >= 11 is 5.89. The van der Waals surface area contributed by atoms with Gasteiger partial charge in [-0.25, -0.2) is 0 Å². The SMILES string of the molecule is CN(CCOc1cccc(Cl)c1)CCc1cn[nH]c1. The minimum atomic E-state index is 0.655. The highest BCUT2D eigenvalue weighted by molar-refractivity contribution is 6.30. The molecule has 1 aromatic carbocycles. The van der Waals surface area contributed by atoms with Crippen molar-refractivity contribution in [2.75, 3.05) is 26.7 Å². The fourth-order valence-corrected chi connectivity index (χ4v) is 1.90. The molecule has 0 saturated heterocycles. The Balaban J connectivity index is 1.65. The highest BCUT2D eigenvalue weighted by Crippen LogP contribution is 2.16. The van der Waals surface area contributed by atoms with Gasteiger partial charge in [0.25, 0.3) is 0 Å². The Bertz CT molecular complexity index is 487. The van der Waals surface area contributed by atoms with E-state index in [1.165, 1.54) is 5.56 Å². The molecule has 0 spiro atoms. The van der Waals surface area contributed by atoms with E-state index in [0.29, 0.717) is 11.6 Å². The Hall–Kier alpha value is -1.52.